The van der Waals surface area contributed by atoms with E-state index in [2.05, 4.69) is 34.1 Å². The first-order chi connectivity index (χ1) is 31.4. The van der Waals surface area contributed by atoms with Crippen LogP contribution >= 0.6 is 0 Å². The second-order valence-electron chi connectivity index (χ2n) is 19.1. The minimum absolute atomic E-state index is 0.0177. The van der Waals surface area contributed by atoms with Crippen LogP contribution in [0.4, 0.5) is 4.79 Å². The van der Waals surface area contributed by atoms with Gasteiger partial charge in [0.2, 0.25) is 33.6 Å². The normalized spacial score (nSPS) is 29.8. The highest BCUT2D eigenvalue weighted by Crippen LogP contribution is 2.46. The van der Waals surface area contributed by atoms with Crippen LogP contribution in [0.25, 0.3) is 10.9 Å². The summed E-state index contributed by atoms with van der Waals surface area (Å²) in [5, 5.41) is 5.99. The maximum atomic E-state index is 15.1. The first-order valence-corrected chi connectivity index (χ1v) is 25.4. The maximum Gasteiger partial charge on any atom is 0.408 e. The number of nitrogens with one attached hydrogen (secondary N) is 3. The predicted octanol–water partition coefficient (Wildman–Crippen LogP) is 4.99. The van der Waals surface area contributed by atoms with E-state index < -0.39 is 68.7 Å². The number of pyridine rings is 1. The Balaban J connectivity index is 1.06. The molecule has 7 aliphatic rings. The van der Waals surface area contributed by atoms with Gasteiger partial charge in [0, 0.05) is 37.2 Å². The van der Waals surface area contributed by atoms with Gasteiger partial charge in [0.05, 0.1) is 29.5 Å². The van der Waals surface area contributed by atoms with E-state index in [-0.39, 0.29) is 43.2 Å². The van der Waals surface area contributed by atoms with Gasteiger partial charge >= 0.3 is 6.09 Å². The molecule has 4 saturated carbocycles. The van der Waals surface area contributed by atoms with E-state index in [1.165, 1.54) is 11.0 Å². The van der Waals surface area contributed by atoms with Crippen molar-refractivity contribution >= 4 is 50.6 Å². The largest absolute Gasteiger partial charge is 0.492 e. The summed E-state index contributed by atoms with van der Waals surface area (Å²) in [5.41, 5.74) is -0.224. The molecule has 2 bridgehead atoms. The molecule has 5 amide bonds. The Labute approximate surface area is 380 Å². The van der Waals surface area contributed by atoms with Crippen molar-refractivity contribution in [1.29, 1.82) is 0 Å². The molecule has 3 aliphatic heterocycles. The zero-order chi connectivity index (χ0) is 45.3. The average molecular weight is 915 g/mol. The van der Waals surface area contributed by atoms with Gasteiger partial charge in [-0.05, 0) is 107 Å². The van der Waals surface area contributed by atoms with Gasteiger partial charge in [-0.25, -0.2) is 18.2 Å². The Kier molecular flexibility index (Phi) is 13.1. The van der Waals surface area contributed by atoms with Crippen molar-refractivity contribution in [3.8, 4) is 11.6 Å². The molecule has 16 nitrogen and oxygen atoms in total. The van der Waals surface area contributed by atoms with Gasteiger partial charge in [-0.3, -0.25) is 23.9 Å². The van der Waals surface area contributed by atoms with E-state index in [9.17, 15) is 27.6 Å². The number of alkyl carbamates (subject to hydrolysis) is 1. The molecule has 0 radical (unpaired) electrons. The number of benzene rings is 1. The molecule has 4 heterocycles. The Morgan fingerprint density at radius 2 is 1.78 bits per heavy atom. The van der Waals surface area contributed by atoms with Gasteiger partial charge in [-0.1, -0.05) is 43.2 Å². The second kappa shape index (κ2) is 19.0. The number of hydrogen-bond acceptors (Lipinski definition) is 11. The molecule has 2 aromatic rings. The van der Waals surface area contributed by atoms with Crippen molar-refractivity contribution in [2.45, 2.75) is 144 Å². The smallest absolute Gasteiger partial charge is 0.408 e. The quantitative estimate of drug-likeness (QED) is 0.191. The molecule has 2 saturated heterocycles. The molecule has 17 heteroatoms. The molecule has 9 rings (SSSR count). The van der Waals surface area contributed by atoms with Crippen LogP contribution in [0.2, 0.25) is 0 Å². The Hall–Kier alpha value is -5.19. The van der Waals surface area contributed by atoms with Crippen molar-refractivity contribution in [3.05, 3.63) is 54.6 Å². The third-order valence-corrected chi connectivity index (χ3v) is 16.5. The van der Waals surface area contributed by atoms with Crippen molar-refractivity contribution in [3.63, 3.8) is 0 Å². The van der Waals surface area contributed by atoms with Crippen molar-refractivity contribution in [2.75, 3.05) is 26.2 Å². The summed E-state index contributed by atoms with van der Waals surface area (Å²) < 4.78 is 47.6. The van der Waals surface area contributed by atoms with Crippen LogP contribution in [0.5, 0.6) is 11.6 Å². The first-order valence-electron chi connectivity index (χ1n) is 23.9. The molecule has 1 aromatic heterocycles. The molecule has 3 N–H and O–H groups in total. The van der Waals surface area contributed by atoms with E-state index in [0.29, 0.717) is 80.8 Å². The lowest BCUT2D eigenvalue weighted by molar-refractivity contribution is -0.142. The summed E-state index contributed by atoms with van der Waals surface area (Å²) in [6.07, 6.45) is 14.9. The number of nitrogens with zero attached hydrogens (tertiary/aromatic N) is 3. The molecule has 0 unspecified atom stereocenters. The number of hydrogen-bond donors (Lipinski definition) is 3. The summed E-state index contributed by atoms with van der Waals surface area (Å²) in [6, 6.07) is 5.52. The third kappa shape index (κ3) is 9.71. The molecule has 350 valence electrons. The second-order valence-corrected chi connectivity index (χ2v) is 21.1. The van der Waals surface area contributed by atoms with Crippen LogP contribution < -0.4 is 24.8 Å². The zero-order valence-corrected chi connectivity index (χ0v) is 37.9. The summed E-state index contributed by atoms with van der Waals surface area (Å²) in [6.45, 7) is 5.49. The molecule has 4 aliphatic carbocycles. The summed E-state index contributed by atoms with van der Waals surface area (Å²) >= 11 is 0. The number of amides is 5. The number of rotatable bonds is 12. The lowest BCUT2D eigenvalue weighted by atomic mass is 9.96. The van der Waals surface area contributed by atoms with Gasteiger partial charge < -0.3 is 34.6 Å². The highest BCUT2D eigenvalue weighted by atomic mass is 32.2. The van der Waals surface area contributed by atoms with Crippen molar-refractivity contribution in [1.82, 2.24) is 30.1 Å². The lowest BCUT2D eigenvalue weighted by Gasteiger charge is -2.32. The van der Waals surface area contributed by atoms with E-state index >= 15 is 4.79 Å². The van der Waals surface area contributed by atoms with Crippen LogP contribution in [-0.2, 0) is 40.4 Å². The molecular formula is C48H62N6O10S. The Morgan fingerprint density at radius 1 is 0.985 bits per heavy atom. The van der Waals surface area contributed by atoms with Crippen LogP contribution in [0.3, 0.4) is 0 Å². The van der Waals surface area contributed by atoms with Crippen LogP contribution in [0, 0.1) is 17.8 Å². The lowest BCUT2D eigenvalue weighted by Crippen LogP contribution is -2.59. The maximum absolute atomic E-state index is 15.1. The van der Waals surface area contributed by atoms with E-state index in [4.69, 9.17) is 19.2 Å². The predicted molar refractivity (Wildman–Crippen MR) is 240 cm³/mol. The number of para-hydroxylation sites is 1. The van der Waals surface area contributed by atoms with Gasteiger partial charge in [0.15, 0.2) is 0 Å². The van der Waals surface area contributed by atoms with Crippen molar-refractivity contribution in [2.24, 2.45) is 17.8 Å². The highest BCUT2D eigenvalue weighted by Gasteiger charge is 2.62. The van der Waals surface area contributed by atoms with Gasteiger partial charge in [-0.15, -0.1) is 6.58 Å². The number of sulfonamides is 1. The number of carbonyl (C=O) groups excluding carboxylic acids is 5. The highest BCUT2D eigenvalue weighted by molar-refractivity contribution is 7.91. The SMILES string of the molecule is C=C[C@@H]1C[C@]1(NC(=O)[C@@H]1C[C@@H]2CN1C(=O)[C@H](C1CCCC1)NC(=O)O[C@@H]1CCC[C@H]1CCC=CCc1c(nc3ccccc3c1OCCCN1CCCC1=O)O2)C(=O)NS(=O)(=O)C1CC1. The molecule has 0 spiro atoms. The molecule has 65 heavy (non-hydrogen) atoms. The van der Waals surface area contributed by atoms with E-state index in [1.807, 2.05) is 29.2 Å². The van der Waals surface area contributed by atoms with Crippen LogP contribution in [0.15, 0.2) is 49.1 Å². The number of allylic oxidation sites excluding steroid dienone is 2. The van der Waals surface area contributed by atoms with E-state index in [0.717, 1.165) is 63.3 Å². The number of likely N-dealkylation sites (tertiary alicyclic amines) is 1. The number of carbonyl (C=O) groups is 5. The standard InChI is InChI=1S/C48H62N6O10S/c1-2-32-28-48(32,46(58)52-65(60,61)34-22-23-34)51-43(56)38-27-33-29-54(38)45(57)41(31-14-6-7-15-31)50-47(59)64-39-20-10-16-30(39)13-4-3-5-18-36-42(62-26-12-25-53-24-11-21-40(53)55)35-17-8-9-19-37(35)49-44(36)63-33/h2-3,5,8-9,17,19,30-34,38-39,41H,1,4,6-7,10-16,18,20-29H2,(H,50,59)(H,51,56)(H,52,58)/t30-,32-,33-,38+,39-,41+,48-/m1/s1. The first kappa shape index (κ1) is 45.0. The number of aromatic nitrogens is 1. The van der Waals surface area contributed by atoms with Gasteiger partial charge in [-0.2, -0.15) is 0 Å². The summed E-state index contributed by atoms with van der Waals surface area (Å²) in [5.74, 6) is -1.42. The Bertz CT molecular complexity index is 2330. The monoisotopic (exact) mass is 914 g/mol. The topological polar surface area (TPSA) is 203 Å². The Morgan fingerprint density at radius 3 is 2.54 bits per heavy atom. The summed E-state index contributed by atoms with van der Waals surface area (Å²) in [7, 11) is -3.93. The summed E-state index contributed by atoms with van der Waals surface area (Å²) in [4.78, 5) is 78.0. The molecule has 7 atom stereocenters. The van der Waals surface area contributed by atoms with Crippen LogP contribution in [0.1, 0.15) is 108 Å². The van der Waals surface area contributed by atoms with Gasteiger partial charge in [0.25, 0.3) is 5.91 Å². The third-order valence-electron chi connectivity index (χ3n) is 14.7. The fraction of sp³-hybridized carbons (Fsp3) is 0.625. The molecule has 6 fully saturated rings. The van der Waals surface area contributed by atoms with Crippen LogP contribution in [-0.4, -0.2) is 114 Å². The minimum atomic E-state index is -3.93. The van der Waals surface area contributed by atoms with Crippen molar-refractivity contribution < 1.29 is 46.6 Å². The average Bonchev–Trinajstić information content (AvgIpc) is 3.96. The minimum Gasteiger partial charge on any atom is -0.492 e. The number of fused-ring (bicyclic) bond motifs is 5. The zero-order valence-electron chi connectivity index (χ0n) is 37.0. The fourth-order valence-corrected chi connectivity index (χ4v) is 12.2. The fourth-order valence-electron chi connectivity index (χ4n) is 10.8. The van der Waals surface area contributed by atoms with Gasteiger partial charge in [0.1, 0.15) is 35.6 Å². The van der Waals surface area contributed by atoms with E-state index in [1.54, 1.807) is 0 Å². The molecular weight excluding hydrogens is 853 g/mol. The number of ether oxygens (including phenoxy) is 3. The molecule has 1 aromatic carbocycles.